The quantitative estimate of drug-likeness (QED) is 0.123. The van der Waals surface area contributed by atoms with Crippen LogP contribution in [-0.4, -0.2) is 6.88 Å². The Hall–Kier alpha value is -1.57. The van der Waals surface area contributed by atoms with E-state index in [0.717, 1.165) is 5.56 Å². The van der Waals surface area contributed by atoms with Crippen LogP contribution in [0.1, 0.15) is 38.9 Å². The van der Waals surface area contributed by atoms with E-state index in [1.54, 1.807) is 0 Å². The monoisotopic (exact) mass is 593 g/mol. The fraction of sp³-hybridized carbons (Fsp3) is 0.194. The average molecular weight is 596 g/mol. The molecule has 0 saturated carbocycles. The van der Waals surface area contributed by atoms with E-state index in [2.05, 4.69) is 104 Å². The fourth-order valence-electron chi connectivity index (χ4n) is 4.16. The molecule has 0 aliphatic carbocycles. The zero-order valence-corrected chi connectivity index (χ0v) is 26.4. The Kier molecular flexibility index (Phi) is 12.1. The van der Waals surface area contributed by atoms with Gasteiger partial charge in [0.05, 0.1) is 0 Å². The van der Waals surface area contributed by atoms with Gasteiger partial charge in [-0.25, -0.2) is 0 Å². The van der Waals surface area contributed by atoms with Crippen LogP contribution in [0.5, 0.6) is 0 Å². The van der Waals surface area contributed by atoms with Gasteiger partial charge in [-0.3, -0.25) is 0 Å². The summed E-state index contributed by atoms with van der Waals surface area (Å²) in [7, 11) is 10.3. The Balaban J connectivity index is 0.000000177. The van der Waals surface area contributed by atoms with Crippen LogP contribution < -0.4 is 0 Å². The number of hydrogen-bond acceptors (Lipinski definition) is 0. The minimum atomic E-state index is -1.79. The molecule has 4 heteroatoms. The standard InChI is InChI=1S/2C12H13.C7H7.2ClH.Si.Zr/c2*1-8-4-10(3)12-7-9(2)6-11(12)5-8;1-7-5-3-2-4-6-7;;;;/h2*4-7H,1-3H3;2-6H,1H2;2*1H;;/q3*-1;;;;+2/p-2. The molecule has 0 heterocycles. The molecule has 0 bridgehead atoms. The zero-order chi connectivity index (χ0) is 26.1. The summed E-state index contributed by atoms with van der Waals surface area (Å²) in [5.74, 6) is 0. The second-order valence-corrected chi connectivity index (χ2v) is 22.6. The van der Waals surface area contributed by atoms with Crippen LogP contribution in [0.2, 0.25) is 0 Å². The van der Waals surface area contributed by atoms with E-state index in [4.69, 9.17) is 17.0 Å². The molecule has 0 amide bonds. The fourth-order valence-corrected chi connectivity index (χ4v) is 4.16. The van der Waals surface area contributed by atoms with Crippen LogP contribution in [0.25, 0.3) is 21.5 Å². The molecule has 5 aromatic rings. The van der Waals surface area contributed by atoms with Crippen molar-refractivity contribution < 1.29 is 18.0 Å². The van der Waals surface area contributed by atoms with Crippen molar-refractivity contribution in [3.63, 3.8) is 0 Å². The van der Waals surface area contributed by atoms with E-state index in [0.29, 0.717) is 0 Å². The summed E-state index contributed by atoms with van der Waals surface area (Å²) >= 11 is -1.79. The molecular formula is C31H33Cl2SiZr-3. The summed E-state index contributed by atoms with van der Waals surface area (Å²) in [4.78, 5) is 0. The van der Waals surface area contributed by atoms with Gasteiger partial charge in [-0.1, -0.05) is 54.3 Å². The van der Waals surface area contributed by atoms with Crippen molar-refractivity contribution in [3.05, 3.63) is 125 Å². The summed E-state index contributed by atoms with van der Waals surface area (Å²) in [5, 5.41) is 5.56. The van der Waals surface area contributed by atoms with Gasteiger partial charge in [0.25, 0.3) is 0 Å². The molecule has 0 spiro atoms. The van der Waals surface area contributed by atoms with Crippen molar-refractivity contribution in [2.45, 2.75) is 41.5 Å². The molecule has 0 unspecified atom stereocenters. The summed E-state index contributed by atoms with van der Waals surface area (Å²) in [6.45, 7) is 19.7. The molecule has 0 atom stereocenters. The Morgan fingerprint density at radius 2 is 1.03 bits per heavy atom. The molecule has 0 aromatic heterocycles. The maximum atomic E-state index is 5.15. The van der Waals surface area contributed by atoms with Crippen LogP contribution in [0.3, 0.4) is 0 Å². The van der Waals surface area contributed by atoms with Gasteiger partial charge in [-0.15, -0.1) is 69.1 Å². The summed E-state index contributed by atoms with van der Waals surface area (Å²) in [6, 6.07) is 27.8. The number of benzene rings is 3. The number of fused-ring (bicyclic) bond motifs is 2. The van der Waals surface area contributed by atoms with E-state index in [-0.39, 0.29) is 0 Å². The van der Waals surface area contributed by atoms with Crippen molar-refractivity contribution in [1.82, 2.24) is 0 Å². The molecule has 0 aliphatic rings. The van der Waals surface area contributed by atoms with Gasteiger partial charge in [0.2, 0.25) is 0 Å². The first kappa shape index (κ1) is 29.7. The van der Waals surface area contributed by atoms with Crippen molar-refractivity contribution >= 4 is 45.4 Å². The first-order chi connectivity index (χ1) is 16.5. The molecule has 182 valence electrons. The predicted molar refractivity (Wildman–Crippen MR) is 156 cm³/mol. The minimum absolute atomic E-state index is 1.07. The van der Waals surface area contributed by atoms with Crippen LogP contribution in [0, 0.1) is 48.5 Å². The van der Waals surface area contributed by atoms with Crippen LogP contribution >= 0.6 is 17.0 Å². The topological polar surface area (TPSA) is 0 Å². The second kappa shape index (κ2) is 14.2. The van der Waals surface area contributed by atoms with Crippen LogP contribution in [0.15, 0.2) is 78.9 Å². The number of rotatable bonds is 0. The molecule has 0 N–H and O–H groups in total. The number of aryl methyl sites for hydroxylation is 6. The van der Waals surface area contributed by atoms with Gasteiger partial charge in [0, 0.05) is 0 Å². The summed E-state index contributed by atoms with van der Waals surface area (Å²) in [6.07, 6.45) is 0. The molecule has 0 aliphatic heterocycles. The number of hydrogen-bond donors (Lipinski definition) is 0. The van der Waals surface area contributed by atoms with E-state index in [1.807, 2.05) is 30.3 Å². The molecule has 35 heavy (non-hydrogen) atoms. The van der Waals surface area contributed by atoms with Crippen LogP contribution in [0.4, 0.5) is 0 Å². The molecule has 0 saturated heterocycles. The predicted octanol–water partition coefficient (Wildman–Crippen LogP) is 9.83. The third-order valence-electron chi connectivity index (χ3n) is 5.48. The van der Waals surface area contributed by atoms with Gasteiger partial charge in [-0.05, 0) is 27.7 Å². The summed E-state index contributed by atoms with van der Waals surface area (Å²) < 4.78 is 0. The van der Waals surface area contributed by atoms with E-state index in [1.165, 1.54) is 54.9 Å². The molecule has 5 rings (SSSR count). The van der Waals surface area contributed by atoms with Gasteiger partial charge in [0.1, 0.15) is 0 Å². The van der Waals surface area contributed by atoms with Gasteiger partial charge in [-0.2, -0.15) is 36.8 Å². The van der Waals surface area contributed by atoms with Gasteiger partial charge >= 0.3 is 41.9 Å². The Bertz CT molecular complexity index is 1310. The first-order valence-electron chi connectivity index (χ1n) is 11.5. The third-order valence-corrected chi connectivity index (χ3v) is 5.48. The van der Waals surface area contributed by atoms with E-state index < -0.39 is 18.0 Å². The molecule has 2 radical (unpaired) electrons. The Morgan fingerprint density at radius 3 is 1.34 bits per heavy atom. The molecule has 5 aromatic carbocycles. The third kappa shape index (κ3) is 10.1. The average Bonchev–Trinajstić information content (AvgIpc) is 3.30. The molecule has 0 nitrogen and oxygen atoms in total. The van der Waals surface area contributed by atoms with Crippen LogP contribution in [-0.2, 0) is 18.0 Å². The molecule has 0 fully saturated rings. The number of halogens is 2. The zero-order valence-electron chi connectivity index (χ0n) is 21.5. The first-order valence-corrected chi connectivity index (χ1v) is 22.0. The normalized spacial score (nSPS) is 9.94. The van der Waals surface area contributed by atoms with E-state index in [9.17, 15) is 0 Å². The Morgan fingerprint density at radius 1 is 0.657 bits per heavy atom. The van der Waals surface area contributed by atoms with Crippen molar-refractivity contribution in [2.24, 2.45) is 0 Å². The summed E-state index contributed by atoms with van der Waals surface area (Å²) in [5.41, 5.74) is 9.27. The maximum absolute atomic E-state index is 5.15. The van der Waals surface area contributed by atoms with Crippen molar-refractivity contribution in [1.29, 1.82) is 0 Å². The van der Waals surface area contributed by atoms with Gasteiger partial charge in [0.15, 0.2) is 0 Å². The Labute approximate surface area is 228 Å². The van der Waals surface area contributed by atoms with Crippen molar-refractivity contribution in [2.75, 3.05) is 0 Å². The van der Waals surface area contributed by atoms with Gasteiger partial charge < -0.3 is 0 Å². The van der Waals surface area contributed by atoms with E-state index >= 15 is 0 Å². The second-order valence-electron chi connectivity index (χ2n) is 8.98. The molecular weight excluding hydrogens is 563 g/mol. The van der Waals surface area contributed by atoms with Crippen molar-refractivity contribution in [3.8, 4) is 0 Å². The SMILES string of the molecule is Cc1cc(C)c2cc(C)[cH-]c2c1.Cc1cc(C)c2cc(C)[cH-]c2c1.[CH2-]c1ccccc1.[Si]=[Zr]([Cl])[Cl].